The van der Waals surface area contributed by atoms with Gasteiger partial charge in [0.05, 0.1) is 35.1 Å². The number of methoxy groups -OCH3 is 1. The molecule has 1 N–H and O–H groups in total. The molecule has 0 saturated carbocycles. The van der Waals surface area contributed by atoms with Gasteiger partial charge in [0.25, 0.3) is 0 Å². The van der Waals surface area contributed by atoms with Gasteiger partial charge in [0.2, 0.25) is 0 Å². The number of hydrogen-bond acceptors (Lipinski definition) is 6. The zero-order valence-corrected chi connectivity index (χ0v) is 16.2. The van der Waals surface area contributed by atoms with Gasteiger partial charge in [-0.05, 0) is 41.5 Å². The van der Waals surface area contributed by atoms with Gasteiger partial charge in [-0.2, -0.15) is 0 Å². The average molecular weight is 395 g/mol. The largest absolute Gasteiger partial charge is 0.497 e. The van der Waals surface area contributed by atoms with Crippen molar-refractivity contribution >= 4 is 33.5 Å². The Morgan fingerprint density at radius 1 is 1.00 bits per heavy atom. The van der Waals surface area contributed by atoms with Crippen LogP contribution in [0.15, 0.2) is 72.2 Å². The van der Waals surface area contributed by atoms with Crippen LogP contribution >= 0.6 is 0 Å². The Kier molecular flexibility index (Phi) is 3.56. The van der Waals surface area contributed by atoms with Gasteiger partial charge in [0.15, 0.2) is 0 Å². The monoisotopic (exact) mass is 395 g/mol. The van der Waals surface area contributed by atoms with Crippen LogP contribution in [-0.2, 0) is 9.53 Å². The van der Waals surface area contributed by atoms with Crippen molar-refractivity contribution < 1.29 is 14.3 Å². The first-order chi connectivity index (χ1) is 14.8. The summed E-state index contributed by atoms with van der Waals surface area (Å²) < 4.78 is 10.7. The summed E-state index contributed by atoms with van der Waals surface area (Å²) in [4.78, 5) is 22.0. The Morgan fingerprint density at radius 2 is 1.70 bits per heavy atom. The van der Waals surface area contributed by atoms with E-state index in [1.807, 2.05) is 48.5 Å². The van der Waals surface area contributed by atoms with E-state index in [2.05, 4.69) is 15.3 Å². The first-order valence-corrected chi connectivity index (χ1v) is 9.72. The molecule has 0 bridgehead atoms. The number of anilines is 1. The molecule has 0 saturated heterocycles. The topological polar surface area (TPSA) is 73.3 Å². The number of carbonyl (C=O) groups excluding carboxylic acids is 1. The third-order valence-electron chi connectivity index (χ3n) is 5.86. The minimum absolute atomic E-state index is 0.243. The Morgan fingerprint density at radius 3 is 2.43 bits per heavy atom. The summed E-state index contributed by atoms with van der Waals surface area (Å²) in [6, 6.07) is 15.8. The molecule has 4 aromatic rings. The Labute approximate surface area is 172 Å². The number of fused-ring (bicyclic) bond motifs is 6. The van der Waals surface area contributed by atoms with Gasteiger partial charge in [0, 0.05) is 29.1 Å². The number of pyridine rings is 2. The fourth-order valence-electron chi connectivity index (χ4n) is 4.56. The van der Waals surface area contributed by atoms with Crippen molar-refractivity contribution in [1.29, 1.82) is 0 Å². The standard InChI is InChI=1S/C24H17N3O3/c1-29-14-8-6-13(7-9-14)18-19-15-4-2-10-25-22(15)23-16(5-3-11-26-23)21(19)27-17-12-30-24(28)20(17)18/h2-11,18,27H,12H2,1H3. The SMILES string of the molecule is COc1ccc(C2C3=C(COC3=O)Nc3c2c2cccnc2c2ncccc32)cc1. The molecule has 2 aromatic heterocycles. The highest BCUT2D eigenvalue weighted by Crippen LogP contribution is 2.49. The third kappa shape index (κ3) is 2.27. The minimum Gasteiger partial charge on any atom is -0.497 e. The maximum Gasteiger partial charge on any atom is 0.337 e. The molecule has 0 spiro atoms. The smallest absolute Gasteiger partial charge is 0.337 e. The lowest BCUT2D eigenvalue weighted by Gasteiger charge is -2.29. The van der Waals surface area contributed by atoms with Crippen LogP contribution in [0.4, 0.5) is 5.69 Å². The molecule has 146 valence electrons. The van der Waals surface area contributed by atoms with Gasteiger partial charge < -0.3 is 14.8 Å². The van der Waals surface area contributed by atoms with Crippen LogP contribution in [0.1, 0.15) is 17.0 Å². The number of cyclic esters (lactones) is 1. The number of ether oxygens (including phenoxy) is 2. The van der Waals surface area contributed by atoms with E-state index in [-0.39, 0.29) is 18.5 Å². The van der Waals surface area contributed by atoms with Crippen LogP contribution in [0.5, 0.6) is 5.75 Å². The van der Waals surface area contributed by atoms with Crippen molar-refractivity contribution in [2.24, 2.45) is 0 Å². The van der Waals surface area contributed by atoms with Crippen molar-refractivity contribution in [2.75, 3.05) is 19.0 Å². The number of carbonyl (C=O) groups is 1. The highest BCUT2D eigenvalue weighted by Gasteiger charge is 2.40. The van der Waals surface area contributed by atoms with Crippen LogP contribution in [0.3, 0.4) is 0 Å². The van der Waals surface area contributed by atoms with E-state index in [1.54, 1.807) is 19.5 Å². The molecule has 2 aliphatic heterocycles. The summed E-state index contributed by atoms with van der Waals surface area (Å²) in [5.41, 5.74) is 6.09. The number of benzene rings is 2. The van der Waals surface area contributed by atoms with Crippen LogP contribution in [0, 0.1) is 0 Å². The molecule has 2 aliphatic rings. The molecular weight excluding hydrogens is 378 g/mol. The number of aromatic nitrogens is 2. The molecule has 1 unspecified atom stereocenters. The molecule has 30 heavy (non-hydrogen) atoms. The van der Waals surface area contributed by atoms with Crippen LogP contribution in [0.25, 0.3) is 21.8 Å². The predicted molar refractivity (Wildman–Crippen MR) is 113 cm³/mol. The van der Waals surface area contributed by atoms with Gasteiger partial charge in [-0.15, -0.1) is 0 Å². The molecule has 2 aromatic carbocycles. The fourth-order valence-corrected chi connectivity index (χ4v) is 4.56. The van der Waals surface area contributed by atoms with E-state index in [9.17, 15) is 4.79 Å². The van der Waals surface area contributed by atoms with Crippen molar-refractivity contribution in [2.45, 2.75) is 5.92 Å². The third-order valence-corrected chi connectivity index (χ3v) is 5.86. The Hall–Kier alpha value is -3.93. The fraction of sp³-hybridized carbons (Fsp3) is 0.125. The summed E-state index contributed by atoms with van der Waals surface area (Å²) in [5.74, 6) is 0.214. The lowest BCUT2D eigenvalue weighted by molar-refractivity contribution is -0.136. The normalized spacial score (nSPS) is 17.5. The molecule has 4 heterocycles. The van der Waals surface area contributed by atoms with E-state index < -0.39 is 0 Å². The highest BCUT2D eigenvalue weighted by molar-refractivity contribution is 6.14. The van der Waals surface area contributed by atoms with Gasteiger partial charge in [-0.1, -0.05) is 18.2 Å². The van der Waals surface area contributed by atoms with E-state index in [0.717, 1.165) is 50.1 Å². The number of hydrogen-bond donors (Lipinski definition) is 1. The quantitative estimate of drug-likeness (QED) is 0.406. The molecule has 6 nitrogen and oxygen atoms in total. The maximum absolute atomic E-state index is 12.8. The second-order valence-electron chi connectivity index (χ2n) is 7.39. The number of esters is 1. The average Bonchev–Trinajstić information content (AvgIpc) is 3.18. The Balaban J connectivity index is 1.73. The number of rotatable bonds is 2. The number of nitrogens with zero attached hydrogens (tertiary/aromatic N) is 2. The zero-order valence-electron chi connectivity index (χ0n) is 16.2. The van der Waals surface area contributed by atoms with Gasteiger partial charge in [-0.3, -0.25) is 9.97 Å². The van der Waals surface area contributed by atoms with E-state index in [4.69, 9.17) is 9.47 Å². The first-order valence-electron chi connectivity index (χ1n) is 9.72. The molecule has 6 heteroatoms. The summed E-state index contributed by atoms with van der Waals surface area (Å²) in [6.45, 7) is 0.243. The molecule has 0 aliphatic carbocycles. The molecular formula is C24H17N3O3. The molecule has 1 atom stereocenters. The lowest BCUT2D eigenvalue weighted by atomic mass is 9.78. The minimum atomic E-state index is -0.285. The summed E-state index contributed by atoms with van der Waals surface area (Å²) in [6.07, 6.45) is 3.55. The zero-order chi connectivity index (χ0) is 20.2. The van der Waals surface area contributed by atoms with E-state index in [1.165, 1.54) is 0 Å². The summed E-state index contributed by atoms with van der Waals surface area (Å²) >= 11 is 0. The second-order valence-corrected chi connectivity index (χ2v) is 7.39. The van der Waals surface area contributed by atoms with Gasteiger partial charge in [0.1, 0.15) is 12.4 Å². The van der Waals surface area contributed by atoms with Gasteiger partial charge in [-0.25, -0.2) is 4.79 Å². The second kappa shape index (κ2) is 6.29. The predicted octanol–water partition coefficient (Wildman–Crippen LogP) is 4.16. The van der Waals surface area contributed by atoms with E-state index >= 15 is 0 Å². The van der Waals surface area contributed by atoms with Gasteiger partial charge >= 0.3 is 5.97 Å². The Bertz CT molecular complexity index is 1380. The maximum atomic E-state index is 12.8. The summed E-state index contributed by atoms with van der Waals surface area (Å²) in [7, 11) is 1.64. The van der Waals surface area contributed by atoms with Crippen molar-refractivity contribution in [3.63, 3.8) is 0 Å². The molecule has 0 fully saturated rings. The van der Waals surface area contributed by atoms with Crippen LogP contribution in [0.2, 0.25) is 0 Å². The molecule has 0 radical (unpaired) electrons. The highest BCUT2D eigenvalue weighted by atomic mass is 16.5. The van der Waals surface area contributed by atoms with Crippen molar-refractivity contribution in [3.8, 4) is 5.75 Å². The molecule has 0 amide bonds. The van der Waals surface area contributed by atoms with E-state index in [0.29, 0.717) is 5.57 Å². The number of nitrogens with one attached hydrogen (secondary N) is 1. The summed E-state index contributed by atoms with van der Waals surface area (Å²) in [5, 5.41) is 5.43. The van der Waals surface area contributed by atoms with Crippen molar-refractivity contribution in [3.05, 3.63) is 83.3 Å². The van der Waals surface area contributed by atoms with Crippen molar-refractivity contribution in [1.82, 2.24) is 9.97 Å². The molecule has 6 rings (SSSR count). The first kappa shape index (κ1) is 17.0. The van der Waals surface area contributed by atoms with Crippen LogP contribution < -0.4 is 10.1 Å². The van der Waals surface area contributed by atoms with Crippen LogP contribution in [-0.4, -0.2) is 29.7 Å². The lowest BCUT2D eigenvalue weighted by Crippen LogP contribution is -2.20.